The molecule has 1 aliphatic carbocycles. The van der Waals surface area contributed by atoms with E-state index in [1.54, 1.807) is 18.5 Å². The quantitative estimate of drug-likeness (QED) is 0.648. The average Bonchev–Trinajstić information content (AvgIpc) is 3.22. The fraction of sp³-hybridized carbons (Fsp3) is 0.478. The lowest BCUT2D eigenvalue weighted by atomic mass is 9.77. The maximum atomic E-state index is 14.1. The first-order chi connectivity index (χ1) is 13.8. The zero-order valence-electron chi connectivity index (χ0n) is 17.0. The van der Waals surface area contributed by atoms with Crippen molar-refractivity contribution in [3.8, 4) is 0 Å². The van der Waals surface area contributed by atoms with Crippen LogP contribution in [0.1, 0.15) is 62.4 Å². The topological polar surface area (TPSA) is 34.0 Å². The molecule has 0 N–H and O–H groups in total. The summed E-state index contributed by atoms with van der Waals surface area (Å²) in [5.74, 6) is 0.665. The lowest BCUT2D eigenvalue weighted by Crippen LogP contribution is -2.41. The van der Waals surface area contributed by atoms with E-state index in [0.717, 1.165) is 25.2 Å². The summed E-state index contributed by atoms with van der Waals surface area (Å²) in [6.07, 6.45) is 13.6. The standard InChI is InChI=1S/C21H25FN4.C2H6/c1-2-3-8-19(22)26-14-18(24-15-26)13-25-12-5-7-17-10-9-16-6-4-11-23-20(16)21(17)25;1-2/h2-4,6,8,11,14-15,17,19,21H,1,5,7,9-10,12-13H2;1-2H3. The molecule has 5 heteroatoms. The van der Waals surface area contributed by atoms with Gasteiger partial charge in [-0.3, -0.25) is 9.88 Å². The van der Waals surface area contributed by atoms with Gasteiger partial charge in [0.2, 0.25) is 0 Å². The minimum atomic E-state index is -1.21. The number of alkyl halides is 1. The lowest BCUT2D eigenvalue weighted by Gasteiger charge is -2.44. The first kappa shape index (κ1) is 20.5. The number of hydrogen-bond donors (Lipinski definition) is 0. The third-order valence-corrected chi connectivity index (χ3v) is 5.56. The number of pyridine rings is 1. The Morgan fingerprint density at radius 2 is 2.18 bits per heavy atom. The molecule has 4 rings (SSSR count). The van der Waals surface area contributed by atoms with E-state index in [2.05, 4.69) is 22.5 Å². The fourth-order valence-electron chi connectivity index (χ4n) is 4.37. The number of halogens is 1. The molecule has 2 aliphatic rings. The van der Waals surface area contributed by atoms with Crippen molar-refractivity contribution < 1.29 is 4.39 Å². The van der Waals surface area contributed by atoms with Crippen LogP contribution in [0.5, 0.6) is 0 Å². The third-order valence-electron chi connectivity index (χ3n) is 5.56. The highest BCUT2D eigenvalue weighted by molar-refractivity contribution is 5.27. The Hall–Kier alpha value is -2.27. The van der Waals surface area contributed by atoms with E-state index < -0.39 is 6.30 Å². The molecule has 0 spiro atoms. The number of fused-ring (bicyclic) bond motifs is 3. The molecule has 0 aromatic carbocycles. The number of piperidine rings is 1. The van der Waals surface area contributed by atoms with Gasteiger partial charge in [0.15, 0.2) is 6.30 Å². The summed E-state index contributed by atoms with van der Waals surface area (Å²) in [6, 6.07) is 4.60. The van der Waals surface area contributed by atoms with Crippen LogP contribution in [-0.2, 0) is 13.0 Å². The van der Waals surface area contributed by atoms with Crippen molar-refractivity contribution in [2.45, 2.75) is 58.4 Å². The monoisotopic (exact) mass is 382 g/mol. The molecular formula is C23H31FN4. The minimum absolute atomic E-state index is 0.362. The van der Waals surface area contributed by atoms with Gasteiger partial charge in [0.1, 0.15) is 0 Å². The van der Waals surface area contributed by atoms with E-state index in [4.69, 9.17) is 4.98 Å². The molecule has 0 saturated carbocycles. The second-order valence-electron chi connectivity index (χ2n) is 7.21. The van der Waals surface area contributed by atoms with Gasteiger partial charge in [-0.25, -0.2) is 9.37 Å². The van der Waals surface area contributed by atoms with Gasteiger partial charge in [0, 0.05) is 18.9 Å². The van der Waals surface area contributed by atoms with Crippen LogP contribution in [-0.4, -0.2) is 26.0 Å². The van der Waals surface area contributed by atoms with E-state index in [9.17, 15) is 4.39 Å². The SMILES string of the molecule is C=CC=CC(F)n1cnc(CN2CCCC3CCc4cccnc4C32)c1.CC. The maximum absolute atomic E-state index is 14.1. The maximum Gasteiger partial charge on any atom is 0.196 e. The molecule has 4 nitrogen and oxygen atoms in total. The second-order valence-corrected chi connectivity index (χ2v) is 7.21. The smallest absolute Gasteiger partial charge is 0.196 e. The van der Waals surface area contributed by atoms with Crippen LogP contribution in [0.4, 0.5) is 4.39 Å². The molecule has 3 heterocycles. The zero-order chi connectivity index (χ0) is 19.9. The summed E-state index contributed by atoms with van der Waals surface area (Å²) in [6.45, 7) is 9.35. The van der Waals surface area contributed by atoms with Crippen LogP contribution in [0.15, 0.2) is 55.7 Å². The molecule has 3 atom stereocenters. The van der Waals surface area contributed by atoms with Gasteiger partial charge in [-0.2, -0.15) is 0 Å². The van der Waals surface area contributed by atoms with Crippen molar-refractivity contribution in [3.05, 3.63) is 72.6 Å². The summed E-state index contributed by atoms with van der Waals surface area (Å²) in [7, 11) is 0. The van der Waals surface area contributed by atoms with E-state index in [0.29, 0.717) is 12.0 Å². The number of likely N-dealkylation sites (tertiary alicyclic amines) is 1. The molecule has 1 fully saturated rings. The summed E-state index contributed by atoms with van der Waals surface area (Å²) < 4.78 is 15.6. The minimum Gasteiger partial charge on any atom is -0.303 e. The number of rotatable bonds is 5. The van der Waals surface area contributed by atoms with Gasteiger partial charge in [-0.15, -0.1) is 0 Å². The molecular weight excluding hydrogens is 351 g/mol. The highest BCUT2D eigenvalue weighted by Crippen LogP contribution is 2.43. The summed E-state index contributed by atoms with van der Waals surface area (Å²) in [5.41, 5.74) is 3.52. The van der Waals surface area contributed by atoms with Crippen LogP contribution in [0.3, 0.4) is 0 Å². The van der Waals surface area contributed by atoms with Crippen molar-refractivity contribution in [1.82, 2.24) is 19.4 Å². The van der Waals surface area contributed by atoms with Crippen molar-refractivity contribution in [2.75, 3.05) is 6.54 Å². The van der Waals surface area contributed by atoms with Gasteiger partial charge in [-0.05, 0) is 55.9 Å². The molecule has 1 saturated heterocycles. The van der Waals surface area contributed by atoms with Gasteiger partial charge in [0.25, 0.3) is 0 Å². The predicted molar refractivity (Wildman–Crippen MR) is 111 cm³/mol. The van der Waals surface area contributed by atoms with Crippen LogP contribution < -0.4 is 0 Å². The van der Waals surface area contributed by atoms with Gasteiger partial charge >= 0.3 is 0 Å². The van der Waals surface area contributed by atoms with Crippen molar-refractivity contribution in [2.24, 2.45) is 5.92 Å². The van der Waals surface area contributed by atoms with E-state index in [-0.39, 0.29) is 0 Å². The van der Waals surface area contributed by atoms with Crippen LogP contribution >= 0.6 is 0 Å². The number of allylic oxidation sites excluding steroid dienone is 3. The molecule has 150 valence electrons. The Morgan fingerprint density at radius 3 is 3.00 bits per heavy atom. The third kappa shape index (κ3) is 4.41. The molecule has 0 amide bonds. The number of hydrogen-bond acceptors (Lipinski definition) is 3. The highest BCUT2D eigenvalue weighted by atomic mass is 19.1. The summed E-state index contributed by atoms with van der Waals surface area (Å²) >= 11 is 0. The number of nitrogens with zero attached hydrogens (tertiary/aromatic N) is 4. The Morgan fingerprint density at radius 1 is 1.32 bits per heavy atom. The van der Waals surface area contributed by atoms with Crippen molar-refractivity contribution in [3.63, 3.8) is 0 Å². The van der Waals surface area contributed by atoms with E-state index in [1.807, 2.05) is 32.3 Å². The average molecular weight is 383 g/mol. The zero-order valence-corrected chi connectivity index (χ0v) is 17.0. The number of aromatic nitrogens is 3. The Kier molecular flexibility index (Phi) is 7.15. The molecule has 0 bridgehead atoms. The highest BCUT2D eigenvalue weighted by Gasteiger charge is 2.37. The lowest BCUT2D eigenvalue weighted by molar-refractivity contribution is 0.0686. The van der Waals surface area contributed by atoms with E-state index in [1.165, 1.54) is 41.2 Å². The van der Waals surface area contributed by atoms with Crippen molar-refractivity contribution >= 4 is 0 Å². The molecule has 0 radical (unpaired) electrons. The number of aryl methyl sites for hydroxylation is 1. The fourth-order valence-corrected chi connectivity index (χ4v) is 4.37. The Labute approximate surface area is 167 Å². The molecule has 28 heavy (non-hydrogen) atoms. The predicted octanol–water partition coefficient (Wildman–Crippen LogP) is 5.41. The van der Waals surface area contributed by atoms with Gasteiger partial charge in [-0.1, -0.05) is 38.6 Å². The molecule has 2 aromatic heterocycles. The van der Waals surface area contributed by atoms with Crippen LogP contribution in [0.25, 0.3) is 0 Å². The van der Waals surface area contributed by atoms with E-state index >= 15 is 0 Å². The first-order valence-corrected chi connectivity index (χ1v) is 10.4. The Balaban J connectivity index is 0.00000109. The summed E-state index contributed by atoms with van der Waals surface area (Å²) in [5, 5.41) is 0. The van der Waals surface area contributed by atoms with Crippen LogP contribution in [0, 0.1) is 5.92 Å². The molecule has 3 unspecified atom stereocenters. The largest absolute Gasteiger partial charge is 0.303 e. The Bertz CT molecular complexity index is 797. The van der Waals surface area contributed by atoms with Crippen molar-refractivity contribution in [1.29, 1.82) is 0 Å². The molecule has 2 aromatic rings. The van der Waals surface area contributed by atoms with Crippen LogP contribution in [0.2, 0.25) is 0 Å². The van der Waals surface area contributed by atoms with Gasteiger partial charge in [0.05, 0.1) is 23.8 Å². The number of imidazole rings is 1. The normalized spacial score (nSPS) is 22.7. The first-order valence-electron chi connectivity index (χ1n) is 10.4. The van der Waals surface area contributed by atoms with Gasteiger partial charge < -0.3 is 4.57 Å². The second kappa shape index (κ2) is 9.78. The summed E-state index contributed by atoms with van der Waals surface area (Å²) in [4.78, 5) is 11.6. The molecule has 1 aliphatic heterocycles.